The SMILES string of the molecule is CC(C)(Oc1ccc(N)cc1)c1ccc(Cl)c(F)c1. The lowest BCUT2D eigenvalue weighted by molar-refractivity contribution is 0.108. The molecule has 0 saturated heterocycles. The van der Waals surface area contributed by atoms with Crippen LogP contribution in [0, 0.1) is 5.82 Å². The molecular formula is C15H15ClFNO. The van der Waals surface area contributed by atoms with Crippen LogP contribution in [0.15, 0.2) is 42.5 Å². The van der Waals surface area contributed by atoms with Crippen LogP contribution in [0.1, 0.15) is 19.4 Å². The number of anilines is 1. The highest BCUT2D eigenvalue weighted by Gasteiger charge is 2.23. The molecule has 2 nitrogen and oxygen atoms in total. The molecule has 2 N–H and O–H groups in total. The zero-order chi connectivity index (χ0) is 14.0. The number of nitrogen functional groups attached to an aromatic ring is 1. The average Bonchev–Trinajstić information content (AvgIpc) is 2.35. The second-order valence-corrected chi connectivity index (χ2v) is 5.22. The lowest BCUT2D eigenvalue weighted by Crippen LogP contribution is -2.25. The van der Waals surface area contributed by atoms with E-state index in [4.69, 9.17) is 22.1 Å². The molecule has 0 radical (unpaired) electrons. The minimum atomic E-state index is -0.665. The van der Waals surface area contributed by atoms with Gasteiger partial charge in [0.2, 0.25) is 0 Å². The van der Waals surface area contributed by atoms with E-state index >= 15 is 0 Å². The van der Waals surface area contributed by atoms with E-state index in [1.807, 2.05) is 13.8 Å². The van der Waals surface area contributed by atoms with Crippen molar-refractivity contribution in [2.45, 2.75) is 19.4 Å². The van der Waals surface area contributed by atoms with Gasteiger partial charge in [0.25, 0.3) is 0 Å². The summed E-state index contributed by atoms with van der Waals surface area (Å²) in [6, 6.07) is 11.7. The summed E-state index contributed by atoms with van der Waals surface area (Å²) in [6.07, 6.45) is 0. The normalized spacial score (nSPS) is 11.4. The molecule has 2 rings (SSSR count). The Morgan fingerprint density at radius 1 is 1.11 bits per heavy atom. The Bertz CT molecular complexity index is 581. The Hall–Kier alpha value is -1.74. The van der Waals surface area contributed by atoms with Gasteiger partial charge >= 0.3 is 0 Å². The minimum absolute atomic E-state index is 0.104. The first-order valence-electron chi connectivity index (χ1n) is 5.88. The van der Waals surface area contributed by atoms with Crippen LogP contribution < -0.4 is 10.5 Å². The van der Waals surface area contributed by atoms with Gasteiger partial charge in [-0.2, -0.15) is 0 Å². The van der Waals surface area contributed by atoms with E-state index < -0.39 is 11.4 Å². The molecule has 2 aromatic rings. The number of rotatable bonds is 3. The second-order valence-electron chi connectivity index (χ2n) is 4.81. The third-order valence-corrected chi connectivity index (χ3v) is 3.17. The summed E-state index contributed by atoms with van der Waals surface area (Å²) in [5.74, 6) is 0.225. The standard InChI is InChI=1S/C15H15ClFNO/c1-15(2,10-3-8-13(16)14(17)9-10)19-12-6-4-11(18)5-7-12/h3-9H,18H2,1-2H3. The van der Waals surface area contributed by atoms with E-state index in [1.165, 1.54) is 12.1 Å². The summed E-state index contributed by atoms with van der Waals surface area (Å²) in [6.45, 7) is 3.73. The summed E-state index contributed by atoms with van der Waals surface area (Å²) in [5, 5.41) is 0.104. The predicted octanol–water partition coefficient (Wildman–Crippen LogP) is 4.38. The fourth-order valence-electron chi connectivity index (χ4n) is 1.76. The van der Waals surface area contributed by atoms with Gasteiger partial charge in [0.05, 0.1) is 5.02 Å². The van der Waals surface area contributed by atoms with E-state index in [9.17, 15) is 4.39 Å². The van der Waals surface area contributed by atoms with E-state index in [0.29, 0.717) is 17.0 Å². The Morgan fingerprint density at radius 3 is 2.32 bits per heavy atom. The zero-order valence-electron chi connectivity index (χ0n) is 10.8. The van der Waals surface area contributed by atoms with Crippen LogP contribution in [0.2, 0.25) is 5.02 Å². The Morgan fingerprint density at radius 2 is 1.74 bits per heavy atom. The molecule has 0 fully saturated rings. The van der Waals surface area contributed by atoms with E-state index in [0.717, 1.165) is 0 Å². The van der Waals surface area contributed by atoms with Gasteiger partial charge in [-0.05, 0) is 55.8 Å². The zero-order valence-corrected chi connectivity index (χ0v) is 11.5. The van der Waals surface area contributed by atoms with E-state index in [2.05, 4.69) is 0 Å². The minimum Gasteiger partial charge on any atom is -0.483 e. The smallest absolute Gasteiger partial charge is 0.142 e. The first-order valence-corrected chi connectivity index (χ1v) is 6.26. The Labute approximate surface area is 117 Å². The van der Waals surface area contributed by atoms with Crippen molar-refractivity contribution in [3.8, 4) is 5.75 Å². The van der Waals surface area contributed by atoms with Crippen molar-refractivity contribution in [2.75, 3.05) is 5.73 Å². The van der Waals surface area contributed by atoms with Crippen LogP contribution >= 0.6 is 11.6 Å². The highest BCUT2D eigenvalue weighted by molar-refractivity contribution is 6.30. The van der Waals surface area contributed by atoms with Gasteiger partial charge in [-0.1, -0.05) is 17.7 Å². The van der Waals surface area contributed by atoms with Crippen LogP contribution in [0.25, 0.3) is 0 Å². The third kappa shape index (κ3) is 3.18. The van der Waals surface area contributed by atoms with Crippen LogP contribution in [-0.2, 0) is 5.60 Å². The molecule has 0 amide bonds. The van der Waals surface area contributed by atoms with Gasteiger partial charge < -0.3 is 10.5 Å². The van der Waals surface area contributed by atoms with Crippen molar-refractivity contribution < 1.29 is 9.13 Å². The van der Waals surface area contributed by atoms with Crippen molar-refractivity contribution >= 4 is 17.3 Å². The quantitative estimate of drug-likeness (QED) is 0.847. The van der Waals surface area contributed by atoms with Crippen LogP contribution in [-0.4, -0.2) is 0 Å². The van der Waals surface area contributed by atoms with Gasteiger partial charge in [0, 0.05) is 5.69 Å². The lowest BCUT2D eigenvalue weighted by Gasteiger charge is -2.27. The van der Waals surface area contributed by atoms with Crippen LogP contribution in [0.3, 0.4) is 0 Å². The van der Waals surface area contributed by atoms with Crippen molar-refractivity contribution in [2.24, 2.45) is 0 Å². The number of benzene rings is 2. The fraction of sp³-hybridized carbons (Fsp3) is 0.200. The summed E-state index contributed by atoms with van der Waals surface area (Å²) in [4.78, 5) is 0. The van der Waals surface area contributed by atoms with Gasteiger partial charge in [0.1, 0.15) is 17.2 Å². The Balaban J connectivity index is 2.26. The molecule has 19 heavy (non-hydrogen) atoms. The first-order chi connectivity index (χ1) is 8.88. The number of nitrogens with two attached hydrogens (primary N) is 1. The molecule has 0 atom stereocenters. The maximum absolute atomic E-state index is 13.5. The molecule has 0 aliphatic rings. The number of halogens is 2. The first kappa shape index (κ1) is 13.7. The highest BCUT2D eigenvalue weighted by Crippen LogP contribution is 2.30. The summed E-state index contributed by atoms with van der Waals surface area (Å²) in [5.41, 5.74) is 6.34. The number of ether oxygens (including phenoxy) is 1. The van der Waals surface area contributed by atoms with Crippen molar-refractivity contribution in [3.63, 3.8) is 0 Å². The maximum Gasteiger partial charge on any atom is 0.142 e. The molecule has 4 heteroatoms. The highest BCUT2D eigenvalue weighted by atomic mass is 35.5. The predicted molar refractivity (Wildman–Crippen MR) is 75.9 cm³/mol. The molecule has 0 spiro atoms. The number of hydrogen-bond acceptors (Lipinski definition) is 2. The molecule has 0 heterocycles. The topological polar surface area (TPSA) is 35.2 Å². The molecular weight excluding hydrogens is 265 g/mol. The molecule has 0 bridgehead atoms. The average molecular weight is 280 g/mol. The van der Waals surface area contributed by atoms with E-state index in [-0.39, 0.29) is 5.02 Å². The largest absolute Gasteiger partial charge is 0.483 e. The van der Waals surface area contributed by atoms with Gasteiger partial charge in [-0.3, -0.25) is 0 Å². The monoisotopic (exact) mass is 279 g/mol. The van der Waals surface area contributed by atoms with Crippen molar-refractivity contribution in [1.29, 1.82) is 0 Å². The van der Waals surface area contributed by atoms with Gasteiger partial charge in [-0.15, -0.1) is 0 Å². The number of hydrogen-bond donors (Lipinski definition) is 1. The summed E-state index contributed by atoms with van der Waals surface area (Å²) in [7, 11) is 0. The van der Waals surface area contributed by atoms with Gasteiger partial charge in [0.15, 0.2) is 0 Å². The van der Waals surface area contributed by atoms with Crippen LogP contribution in [0.4, 0.5) is 10.1 Å². The second kappa shape index (κ2) is 5.10. The lowest BCUT2D eigenvalue weighted by atomic mass is 9.98. The van der Waals surface area contributed by atoms with Gasteiger partial charge in [-0.25, -0.2) is 4.39 Å². The molecule has 0 aliphatic carbocycles. The summed E-state index contributed by atoms with van der Waals surface area (Å²) >= 11 is 5.68. The maximum atomic E-state index is 13.5. The summed E-state index contributed by atoms with van der Waals surface area (Å²) < 4.78 is 19.4. The van der Waals surface area contributed by atoms with Crippen molar-refractivity contribution in [3.05, 3.63) is 58.9 Å². The molecule has 100 valence electrons. The molecule has 0 aromatic heterocycles. The van der Waals surface area contributed by atoms with Crippen molar-refractivity contribution in [1.82, 2.24) is 0 Å². The molecule has 0 aliphatic heterocycles. The Kier molecular flexibility index (Phi) is 3.67. The fourth-order valence-corrected chi connectivity index (χ4v) is 1.88. The molecule has 2 aromatic carbocycles. The van der Waals surface area contributed by atoms with Crippen LogP contribution in [0.5, 0.6) is 5.75 Å². The third-order valence-electron chi connectivity index (χ3n) is 2.87. The van der Waals surface area contributed by atoms with E-state index in [1.54, 1.807) is 30.3 Å². The molecule has 0 unspecified atom stereocenters. The molecule has 0 saturated carbocycles.